The van der Waals surface area contributed by atoms with Gasteiger partial charge in [0.15, 0.2) is 0 Å². The molecule has 1 saturated heterocycles. The van der Waals surface area contributed by atoms with Crippen LogP contribution in [-0.4, -0.2) is 45.1 Å². The number of aromatic nitrogens is 1. The first-order chi connectivity index (χ1) is 18.4. The van der Waals surface area contributed by atoms with Crippen molar-refractivity contribution in [3.63, 3.8) is 0 Å². The number of imide groups is 2. The maximum Gasteiger partial charge on any atom is 0.266 e. The minimum absolute atomic E-state index is 0.0806. The Morgan fingerprint density at radius 3 is 2.50 bits per heavy atom. The molecule has 8 rings (SSSR count). The van der Waals surface area contributed by atoms with Gasteiger partial charge in [0, 0.05) is 23.9 Å². The lowest BCUT2D eigenvalue weighted by molar-refractivity contribution is -0.136. The number of nitrogens with zero attached hydrogens (tertiary/aromatic N) is 2. The van der Waals surface area contributed by atoms with Crippen LogP contribution in [0.4, 0.5) is 0 Å². The zero-order valence-corrected chi connectivity index (χ0v) is 21.9. The zero-order valence-electron chi connectivity index (χ0n) is 21.0. The van der Waals surface area contributed by atoms with Crippen LogP contribution in [0.5, 0.6) is 5.75 Å². The molecule has 4 saturated carbocycles. The van der Waals surface area contributed by atoms with Gasteiger partial charge in [-0.2, -0.15) is 0 Å². The van der Waals surface area contributed by atoms with Crippen molar-refractivity contribution in [2.24, 2.45) is 17.8 Å². The standard InChI is InChI=1S/C28H30N4O5S/c33-22-5-4-20(25(34)31-22)32-26(35)19-2-1-3-21(24(19)27(32)36)37-13-23-30-18(14-38-23)12-29-28-9-15-6-16(10-28)8-17(7-15)11-28/h1-3,14-17,20,29H,4-13H2,(H,31,33,34). The number of amides is 4. The Labute approximate surface area is 224 Å². The molecule has 2 aliphatic heterocycles. The fourth-order valence-electron chi connectivity index (χ4n) is 7.85. The van der Waals surface area contributed by atoms with Gasteiger partial charge in [-0.15, -0.1) is 11.3 Å². The van der Waals surface area contributed by atoms with Gasteiger partial charge in [-0.3, -0.25) is 29.4 Å². The molecule has 4 amide bonds. The van der Waals surface area contributed by atoms with Crippen molar-refractivity contribution in [1.29, 1.82) is 0 Å². The second kappa shape index (κ2) is 8.98. The predicted octanol–water partition coefficient (Wildman–Crippen LogP) is 3.18. The van der Waals surface area contributed by atoms with E-state index in [-0.39, 0.29) is 36.1 Å². The van der Waals surface area contributed by atoms with Crippen molar-refractivity contribution >= 4 is 35.0 Å². The van der Waals surface area contributed by atoms with Crippen LogP contribution in [0.1, 0.15) is 82.8 Å². The van der Waals surface area contributed by atoms with E-state index in [1.54, 1.807) is 18.2 Å². The third-order valence-electron chi connectivity index (χ3n) is 9.06. The molecular formula is C28H30N4O5S. The van der Waals surface area contributed by atoms with Crippen LogP contribution in [0.25, 0.3) is 0 Å². The number of thiazole rings is 1. The van der Waals surface area contributed by atoms with E-state index in [9.17, 15) is 19.2 Å². The fourth-order valence-corrected chi connectivity index (χ4v) is 8.55. The van der Waals surface area contributed by atoms with Gasteiger partial charge < -0.3 is 10.1 Å². The van der Waals surface area contributed by atoms with Crippen molar-refractivity contribution in [2.45, 2.75) is 76.1 Å². The highest BCUT2D eigenvalue weighted by Crippen LogP contribution is 2.55. The number of piperidine rings is 1. The number of fused-ring (bicyclic) bond motifs is 1. The van der Waals surface area contributed by atoms with E-state index < -0.39 is 29.7 Å². The van der Waals surface area contributed by atoms with Crippen LogP contribution in [0.2, 0.25) is 0 Å². The lowest BCUT2D eigenvalue weighted by Crippen LogP contribution is -2.58. The molecule has 0 radical (unpaired) electrons. The van der Waals surface area contributed by atoms with Gasteiger partial charge in [-0.25, -0.2) is 4.98 Å². The number of ether oxygens (including phenoxy) is 1. The first kappa shape index (κ1) is 24.0. The van der Waals surface area contributed by atoms with E-state index in [0.717, 1.165) is 39.9 Å². The molecule has 2 N–H and O–H groups in total. The van der Waals surface area contributed by atoms with E-state index in [1.807, 2.05) is 0 Å². The van der Waals surface area contributed by atoms with Gasteiger partial charge in [0.1, 0.15) is 23.4 Å². The summed E-state index contributed by atoms with van der Waals surface area (Å²) in [7, 11) is 0. The topological polar surface area (TPSA) is 118 Å². The van der Waals surface area contributed by atoms with Crippen molar-refractivity contribution in [3.05, 3.63) is 45.4 Å². The van der Waals surface area contributed by atoms with Gasteiger partial charge in [0.05, 0.1) is 16.8 Å². The fraction of sp³-hybridized carbons (Fsp3) is 0.536. The third kappa shape index (κ3) is 4.05. The lowest BCUT2D eigenvalue weighted by Gasteiger charge is -2.57. The summed E-state index contributed by atoms with van der Waals surface area (Å²) in [5, 5.41) is 8.95. The minimum Gasteiger partial charge on any atom is -0.486 e. The summed E-state index contributed by atoms with van der Waals surface area (Å²) in [4.78, 5) is 55.9. The second-order valence-corrected chi connectivity index (χ2v) is 12.6. The molecule has 10 heteroatoms. The van der Waals surface area contributed by atoms with E-state index >= 15 is 0 Å². The van der Waals surface area contributed by atoms with Crippen LogP contribution in [0.15, 0.2) is 23.6 Å². The van der Waals surface area contributed by atoms with E-state index in [1.165, 1.54) is 49.9 Å². The summed E-state index contributed by atoms with van der Waals surface area (Å²) in [6, 6.07) is 3.87. The number of hydrogen-bond acceptors (Lipinski definition) is 8. The van der Waals surface area contributed by atoms with Crippen LogP contribution in [-0.2, 0) is 22.7 Å². The number of hydrogen-bond donors (Lipinski definition) is 2. The van der Waals surface area contributed by atoms with Gasteiger partial charge in [-0.1, -0.05) is 6.07 Å². The first-order valence-electron chi connectivity index (χ1n) is 13.5. The number of carbonyl (C=O) groups is 4. The Balaban J connectivity index is 1.01. The number of nitrogens with one attached hydrogen (secondary N) is 2. The summed E-state index contributed by atoms with van der Waals surface area (Å²) in [5.74, 6) is 0.813. The summed E-state index contributed by atoms with van der Waals surface area (Å²) < 4.78 is 6.00. The van der Waals surface area contributed by atoms with Crippen LogP contribution in [0.3, 0.4) is 0 Å². The quantitative estimate of drug-likeness (QED) is 0.524. The average Bonchev–Trinajstić information content (AvgIpc) is 3.44. The molecule has 38 heavy (non-hydrogen) atoms. The molecule has 198 valence electrons. The normalized spacial score (nSPS) is 31.6. The highest BCUT2D eigenvalue weighted by Gasteiger charge is 2.50. The molecule has 4 bridgehead atoms. The smallest absolute Gasteiger partial charge is 0.266 e. The maximum absolute atomic E-state index is 13.3. The Bertz CT molecular complexity index is 1320. The molecule has 4 aliphatic carbocycles. The molecule has 9 nitrogen and oxygen atoms in total. The van der Waals surface area contributed by atoms with Gasteiger partial charge in [0.2, 0.25) is 11.8 Å². The summed E-state index contributed by atoms with van der Waals surface area (Å²) >= 11 is 1.52. The van der Waals surface area contributed by atoms with E-state index in [2.05, 4.69) is 16.0 Å². The zero-order chi connectivity index (χ0) is 26.0. The van der Waals surface area contributed by atoms with Crippen LogP contribution in [0, 0.1) is 17.8 Å². The SMILES string of the molecule is O=C1CCC(N2C(=O)c3cccc(OCc4nc(CNC56CC7CC(CC(C7)C5)C6)cs4)c3C2=O)C(=O)N1. The monoisotopic (exact) mass is 534 g/mol. The molecular weight excluding hydrogens is 504 g/mol. The molecule has 0 spiro atoms. The van der Waals surface area contributed by atoms with Gasteiger partial charge in [-0.05, 0) is 74.8 Å². The summed E-state index contributed by atoms with van der Waals surface area (Å²) in [6.45, 7) is 0.926. The average molecular weight is 535 g/mol. The highest BCUT2D eigenvalue weighted by atomic mass is 32.1. The predicted molar refractivity (Wildman–Crippen MR) is 137 cm³/mol. The number of benzene rings is 1. The molecule has 2 aromatic rings. The summed E-state index contributed by atoms with van der Waals surface area (Å²) in [5.41, 5.74) is 1.64. The van der Waals surface area contributed by atoms with Gasteiger partial charge in [0.25, 0.3) is 11.8 Å². The molecule has 6 aliphatic rings. The Morgan fingerprint density at radius 1 is 1.05 bits per heavy atom. The highest BCUT2D eigenvalue weighted by molar-refractivity contribution is 7.09. The number of carbonyl (C=O) groups excluding carboxylic acids is 4. The molecule has 1 aromatic carbocycles. The molecule has 1 unspecified atom stereocenters. The van der Waals surface area contributed by atoms with E-state index in [4.69, 9.17) is 9.72 Å². The van der Waals surface area contributed by atoms with Crippen molar-refractivity contribution in [1.82, 2.24) is 20.5 Å². The van der Waals surface area contributed by atoms with Crippen LogP contribution < -0.4 is 15.4 Å². The Kier molecular flexibility index (Phi) is 5.66. The van der Waals surface area contributed by atoms with E-state index in [0.29, 0.717) is 5.75 Å². The Hall–Kier alpha value is -3.11. The van der Waals surface area contributed by atoms with Crippen molar-refractivity contribution in [3.8, 4) is 5.75 Å². The van der Waals surface area contributed by atoms with Gasteiger partial charge >= 0.3 is 0 Å². The molecule has 1 aromatic heterocycles. The molecule has 3 heterocycles. The third-order valence-corrected chi connectivity index (χ3v) is 9.93. The number of rotatable bonds is 7. The van der Waals surface area contributed by atoms with Crippen molar-refractivity contribution < 1.29 is 23.9 Å². The molecule has 5 fully saturated rings. The van der Waals surface area contributed by atoms with Crippen LogP contribution >= 0.6 is 11.3 Å². The van der Waals surface area contributed by atoms with Crippen molar-refractivity contribution in [2.75, 3.05) is 0 Å². The lowest BCUT2D eigenvalue weighted by atomic mass is 9.53. The largest absolute Gasteiger partial charge is 0.486 e. The molecule has 1 atom stereocenters. The first-order valence-corrected chi connectivity index (χ1v) is 14.4. The summed E-state index contributed by atoms with van der Waals surface area (Å²) in [6.07, 6.45) is 8.33. The second-order valence-electron chi connectivity index (χ2n) is 11.7. The Morgan fingerprint density at radius 2 is 1.79 bits per heavy atom. The minimum atomic E-state index is -1.00. The maximum atomic E-state index is 13.3.